The molecular formula is C16H22N2O5S. The van der Waals surface area contributed by atoms with Gasteiger partial charge in [-0.2, -0.15) is 0 Å². The second-order valence-electron chi connectivity index (χ2n) is 6.26. The summed E-state index contributed by atoms with van der Waals surface area (Å²) in [6, 6.07) is 3.88. The van der Waals surface area contributed by atoms with Crippen LogP contribution in [0.15, 0.2) is 12.1 Å². The highest BCUT2D eigenvalue weighted by atomic mass is 32.2. The number of benzene rings is 1. The lowest BCUT2D eigenvalue weighted by Gasteiger charge is -2.40. The number of rotatable bonds is 4. The van der Waals surface area contributed by atoms with E-state index < -0.39 is 10.0 Å². The van der Waals surface area contributed by atoms with Crippen LogP contribution in [0.5, 0.6) is 11.5 Å². The Balaban J connectivity index is 1.70. The van der Waals surface area contributed by atoms with E-state index in [9.17, 15) is 13.2 Å². The van der Waals surface area contributed by atoms with Gasteiger partial charge in [-0.05, 0) is 29.7 Å². The number of carbonyl (C=O) groups excluding carboxylic acids is 1. The molecule has 2 heterocycles. The van der Waals surface area contributed by atoms with Crippen molar-refractivity contribution in [1.29, 1.82) is 0 Å². The largest absolute Gasteiger partial charge is 0.493 e. The second-order valence-corrected chi connectivity index (χ2v) is 8.25. The van der Waals surface area contributed by atoms with Crippen LogP contribution in [-0.2, 0) is 27.8 Å². The minimum atomic E-state index is -3.20. The zero-order valence-corrected chi connectivity index (χ0v) is 14.9. The molecule has 24 heavy (non-hydrogen) atoms. The fourth-order valence-electron chi connectivity index (χ4n) is 3.19. The van der Waals surface area contributed by atoms with Crippen molar-refractivity contribution in [2.75, 3.05) is 40.1 Å². The Labute approximate surface area is 142 Å². The van der Waals surface area contributed by atoms with Crippen LogP contribution in [0.3, 0.4) is 0 Å². The van der Waals surface area contributed by atoms with Gasteiger partial charge in [0, 0.05) is 26.2 Å². The van der Waals surface area contributed by atoms with E-state index in [0.717, 1.165) is 17.5 Å². The third-order valence-corrected chi connectivity index (χ3v) is 5.93. The predicted octanol–water partition coefficient (Wildman–Crippen LogP) is 0.480. The zero-order chi connectivity index (χ0) is 17.5. The van der Waals surface area contributed by atoms with Crippen LogP contribution >= 0.6 is 0 Å². The molecule has 0 radical (unpaired) electrons. The minimum Gasteiger partial charge on any atom is -0.493 e. The number of nitrogens with zero attached hydrogens (tertiary/aromatic N) is 2. The van der Waals surface area contributed by atoms with Crippen molar-refractivity contribution >= 4 is 15.9 Å². The molecule has 0 atom stereocenters. The normalized spacial score (nSPS) is 18.7. The van der Waals surface area contributed by atoms with Crippen LogP contribution < -0.4 is 9.47 Å². The first-order chi connectivity index (χ1) is 11.3. The van der Waals surface area contributed by atoms with Crippen molar-refractivity contribution in [2.45, 2.75) is 13.0 Å². The van der Waals surface area contributed by atoms with Crippen molar-refractivity contribution < 1.29 is 22.7 Å². The SMILES string of the molecule is COc1cc2c(cc1OC)CN(C(=O)C1CN(S(C)(=O)=O)C1)CC2. The van der Waals surface area contributed by atoms with Crippen molar-refractivity contribution in [3.8, 4) is 11.5 Å². The van der Waals surface area contributed by atoms with Crippen molar-refractivity contribution in [3.05, 3.63) is 23.3 Å². The molecule has 0 spiro atoms. The highest BCUT2D eigenvalue weighted by Gasteiger charge is 2.40. The van der Waals surface area contributed by atoms with Gasteiger partial charge in [-0.25, -0.2) is 12.7 Å². The van der Waals surface area contributed by atoms with Gasteiger partial charge in [0.15, 0.2) is 11.5 Å². The van der Waals surface area contributed by atoms with Gasteiger partial charge >= 0.3 is 0 Å². The standard InChI is InChI=1S/C16H22N2O5S/c1-22-14-6-11-4-5-17(8-12(11)7-15(14)23-2)16(19)13-9-18(10-13)24(3,20)21/h6-7,13H,4-5,8-10H2,1-3H3. The van der Waals surface area contributed by atoms with Gasteiger partial charge in [0.05, 0.1) is 26.4 Å². The Hall–Kier alpha value is -1.80. The summed E-state index contributed by atoms with van der Waals surface area (Å²) < 4.78 is 34.8. The first kappa shape index (κ1) is 17.0. The summed E-state index contributed by atoms with van der Waals surface area (Å²) in [5.41, 5.74) is 2.20. The molecule has 0 N–H and O–H groups in total. The molecule has 0 aromatic heterocycles. The van der Waals surface area contributed by atoms with Crippen LogP contribution in [0.25, 0.3) is 0 Å². The number of fused-ring (bicyclic) bond motifs is 1. The van der Waals surface area contributed by atoms with E-state index in [1.165, 1.54) is 10.6 Å². The van der Waals surface area contributed by atoms with E-state index in [0.29, 0.717) is 24.6 Å². The third-order valence-electron chi connectivity index (χ3n) is 4.70. The smallest absolute Gasteiger partial charge is 0.228 e. The molecule has 7 nitrogen and oxygen atoms in total. The van der Waals surface area contributed by atoms with E-state index in [2.05, 4.69) is 0 Å². The van der Waals surface area contributed by atoms with E-state index in [1.807, 2.05) is 12.1 Å². The summed E-state index contributed by atoms with van der Waals surface area (Å²) in [5.74, 6) is 1.13. The maximum atomic E-state index is 12.6. The van der Waals surface area contributed by atoms with Crippen molar-refractivity contribution in [2.24, 2.45) is 5.92 Å². The summed E-state index contributed by atoms with van der Waals surface area (Å²) >= 11 is 0. The average molecular weight is 354 g/mol. The quantitative estimate of drug-likeness (QED) is 0.786. The fraction of sp³-hybridized carbons (Fsp3) is 0.562. The Bertz CT molecular complexity index is 756. The molecule has 2 aliphatic rings. The molecule has 0 saturated carbocycles. The van der Waals surface area contributed by atoms with E-state index in [1.54, 1.807) is 19.1 Å². The molecule has 0 aliphatic carbocycles. The van der Waals surface area contributed by atoms with Crippen molar-refractivity contribution in [1.82, 2.24) is 9.21 Å². The number of hydrogen-bond acceptors (Lipinski definition) is 5. The predicted molar refractivity (Wildman–Crippen MR) is 88.6 cm³/mol. The molecule has 1 saturated heterocycles. The molecule has 8 heteroatoms. The number of sulfonamides is 1. The molecule has 3 rings (SSSR count). The molecule has 0 unspecified atom stereocenters. The zero-order valence-electron chi connectivity index (χ0n) is 14.1. The number of carbonyl (C=O) groups is 1. The van der Waals surface area contributed by atoms with Crippen LogP contribution in [0.4, 0.5) is 0 Å². The molecule has 1 fully saturated rings. The number of ether oxygens (including phenoxy) is 2. The Morgan fingerprint density at radius 3 is 2.25 bits per heavy atom. The molecule has 132 valence electrons. The maximum absolute atomic E-state index is 12.6. The average Bonchev–Trinajstić information content (AvgIpc) is 2.49. The first-order valence-electron chi connectivity index (χ1n) is 7.81. The highest BCUT2D eigenvalue weighted by Crippen LogP contribution is 2.34. The number of methoxy groups -OCH3 is 2. The molecule has 1 amide bonds. The summed E-state index contributed by atoms with van der Waals surface area (Å²) in [6.07, 6.45) is 1.93. The fourth-order valence-corrected chi connectivity index (χ4v) is 4.10. The van der Waals surface area contributed by atoms with E-state index >= 15 is 0 Å². The van der Waals surface area contributed by atoms with Gasteiger partial charge < -0.3 is 14.4 Å². The lowest BCUT2D eigenvalue weighted by molar-refractivity contribution is -0.139. The van der Waals surface area contributed by atoms with Gasteiger partial charge in [-0.1, -0.05) is 0 Å². The highest BCUT2D eigenvalue weighted by molar-refractivity contribution is 7.88. The van der Waals surface area contributed by atoms with Crippen molar-refractivity contribution in [3.63, 3.8) is 0 Å². The summed E-state index contributed by atoms with van der Waals surface area (Å²) in [7, 11) is -0.00482. The molecule has 1 aromatic carbocycles. The molecule has 0 bridgehead atoms. The molecule has 1 aromatic rings. The summed E-state index contributed by atoms with van der Waals surface area (Å²) in [5, 5.41) is 0. The Morgan fingerprint density at radius 1 is 1.12 bits per heavy atom. The second kappa shape index (κ2) is 6.25. The first-order valence-corrected chi connectivity index (χ1v) is 9.66. The molecule has 2 aliphatic heterocycles. The summed E-state index contributed by atoms with van der Waals surface area (Å²) in [6.45, 7) is 1.72. The Kier molecular flexibility index (Phi) is 4.44. The number of amides is 1. The van der Waals surface area contributed by atoms with Gasteiger partial charge in [0.1, 0.15) is 0 Å². The van der Waals surface area contributed by atoms with E-state index in [-0.39, 0.29) is 24.9 Å². The monoisotopic (exact) mass is 354 g/mol. The van der Waals surface area contributed by atoms with E-state index in [4.69, 9.17) is 9.47 Å². The third kappa shape index (κ3) is 3.08. The van der Waals surface area contributed by atoms with Gasteiger partial charge in [0.25, 0.3) is 0 Å². The van der Waals surface area contributed by atoms with Gasteiger partial charge in [0.2, 0.25) is 15.9 Å². The minimum absolute atomic E-state index is 0.0235. The van der Waals surface area contributed by atoms with Crippen LogP contribution in [0.1, 0.15) is 11.1 Å². The van der Waals surface area contributed by atoms with Crippen LogP contribution in [0.2, 0.25) is 0 Å². The summed E-state index contributed by atoms with van der Waals surface area (Å²) in [4.78, 5) is 14.4. The number of hydrogen-bond donors (Lipinski definition) is 0. The van der Waals surface area contributed by atoms with Gasteiger partial charge in [-0.3, -0.25) is 4.79 Å². The topological polar surface area (TPSA) is 76.2 Å². The lowest BCUT2D eigenvalue weighted by Crippen LogP contribution is -2.56. The Morgan fingerprint density at radius 2 is 1.71 bits per heavy atom. The van der Waals surface area contributed by atoms with Crippen LogP contribution in [0, 0.1) is 5.92 Å². The van der Waals surface area contributed by atoms with Crippen LogP contribution in [-0.4, -0.2) is 63.6 Å². The van der Waals surface area contributed by atoms with Gasteiger partial charge in [-0.15, -0.1) is 0 Å². The lowest BCUT2D eigenvalue weighted by atomic mass is 9.95. The molecular weight excluding hydrogens is 332 g/mol. The maximum Gasteiger partial charge on any atom is 0.228 e.